The van der Waals surface area contributed by atoms with Crippen molar-refractivity contribution in [2.75, 3.05) is 7.11 Å². The molecule has 0 radical (unpaired) electrons. The first-order valence-electron chi connectivity index (χ1n) is 6.25. The molecular weight excluding hydrogens is 252 g/mol. The zero-order chi connectivity index (χ0) is 14.1. The highest BCUT2D eigenvalue weighted by molar-refractivity contribution is 6.06. The zero-order valence-electron chi connectivity index (χ0n) is 11.0. The Morgan fingerprint density at radius 3 is 2.55 bits per heavy atom. The number of nitrogens with one attached hydrogen (secondary N) is 1. The molecule has 4 heteroatoms. The van der Waals surface area contributed by atoms with Gasteiger partial charge in [-0.15, -0.1) is 0 Å². The highest BCUT2D eigenvalue weighted by Crippen LogP contribution is 2.27. The lowest BCUT2D eigenvalue weighted by Crippen LogP contribution is -2.10. The van der Waals surface area contributed by atoms with Gasteiger partial charge in [-0.1, -0.05) is 6.07 Å². The van der Waals surface area contributed by atoms with E-state index >= 15 is 0 Å². The number of hydrogen-bond acceptors (Lipinski definition) is 2. The summed E-state index contributed by atoms with van der Waals surface area (Å²) in [5.41, 5.74) is 8.78. The summed E-state index contributed by atoms with van der Waals surface area (Å²) < 4.78 is 5.14. The predicted molar refractivity (Wildman–Crippen MR) is 78.8 cm³/mol. The summed E-state index contributed by atoms with van der Waals surface area (Å²) in [5, 5.41) is 0.839. The Labute approximate surface area is 116 Å². The number of aromatic amines is 1. The van der Waals surface area contributed by atoms with Gasteiger partial charge in [-0.25, -0.2) is 0 Å². The van der Waals surface area contributed by atoms with Crippen molar-refractivity contribution in [3.8, 4) is 17.0 Å². The maximum Gasteiger partial charge on any atom is 0.249 e. The third kappa shape index (κ3) is 2.01. The van der Waals surface area contributed by atoms with Crippen molar-refractivity contribution in [1.29, 1.82) is 0 Å². The molecule has 0 aliphatic carbocycles. The highest BCUT2D eigenvalue weighted by Gasteiger charge is 2.10. The number of ether oxygens (including phenoxy) is 1. The molecule has 100 valence electrons. The number of aromatic nitrogens is 1. The highest BCUT2D eigenvalue weighted by atomic mass is 16.5. The standard InChI is InChI=1S/C16H14N2O2/c1-20-11-7-5-10(6-8-11)15-9-13-12(16(17)19)3-2-4-14(13)18-15/h2-9,18H,1H3,(H2,17,19). The second kappa shape index (κ2) is 4.74. The molecule has 0 aliphatic heterocycles. The van der Waals surface area contributed by atoms with Crippen LogP contribution in [0.2, 0.25) is 0 Å². The SMILES string of the molecule is COc1ccc(-c2cc3c(C(N)=O)cccc3[nH]2)cc1. The van der Waals surface area contributed by atoms with Crippen molar-refractivity contribution >= 4 is 16.8 Å². The number of carbonyl (C=O) groups excluding carboxylic acids is 1. The lowest BCUT2D eigenvalue weighted by Gasteiger charge is -2.01. The van der Waals surface area contributed by atoms with Crippen LogP contribution in [0.4, 0.5) is 0 Å². The van der Waals surface area contributed by atoms with Crippen LogP contribution in [0.15, 0.2) is 48.5 Å². The Bertz CT molecular complexity index is 773. The van der Waals surface area contributed by atoms with E-state index in [1.165, 1.54) is 0 Å². The first-order valence-corrected chi connectivity index (χ1v) is 6.25. The molecule has 1 heterocycles. The van der Waals surface area contributed by atoms with Gasteiger partial charge in [-0.2, -0.15) is 0 Å². The number of H-pyrrole nitrogens is 1. The van der Waals surface area contributed by atoms with Crippen LogP contribution in [-0.4, -0.2) is 18.0 Å². The number of amides is 1. The van der Waals surface area contributed by atoms with Crippen LogP contribution in [0.5, 0.6) is 5.75 Å². The van der Waals surface area contributed by atoms with Crippen LogP contribution in [0.25, 0.3) is 22.2 Å². The lowest BCUT2D eigenvalue weighted by molar-refractivity contribution is 0.100. The van der Waals surface area contributed by atoms with Gasteiger partial charge in [0.05, 0.1) is 7.11 Å². The number of benzene rings is 2. The van der Waals surface area contributed by atoms with Gasteiger partial charge in [-0.05, 0) is 48.0 Å². The van der Waals surface area contributed by atoms with Crippen molar-refractivity contribution in [3.63, 3.8) is 0 Å². The van der Waals surface area contributed by atoms with Gasteiger partial charge in [0.2, 0.25) is 5.91 Å². The number of methoxy groups -OCH3 is 1. The molecule has 1 aromatic heterocycles. The molecule has 0 aliphatic rings. The minimum Gasteiger partial charge on any atom is -0.497 e. The van der Waals surface area contributed by atoms with E-state index in [0.29, 0.717) is 5.56 Å². The van der Waals surface area contributed by atoms with E-state index in [1.807, 2.05) is 42.5 Å². The number of rotatable bonds is 3. The van der Waals surface area contributed by atoms with Gasteiger partial charge in [0.1, 0.15) is 5.75 Å². The smallest absolute Gasteiger partial charge is 0.249 e. The van der Waals surface area contributed by atoms with Gasteiger partial charge in [0, 0.05) is 22.2 Å². The average molecular weight is 266 g/mol. The van der Waals surface area contributed by atoms with E-state index in [-0.39, 0.29) is 0 Å². The first kappa shape index (κ1) is 12.3. The summed E-state index contributed by atoms with van der Waals surface area (Å²) in [7, 11) is 1.64. The van der Waals surface area contributed by atoms with Crippen molar-refractivity contribution in [3.05, 3.63) is 54.1 Å². The molecule has 0 spiro atoms. The number of carbonyl (C=O) groups is 1. The number of fused-ring (bicyclic) bond motifs is 1. The van der Waals surface area contributed by atoms with Gasteiger partial charge in [0.15, 0.2) is 0 Å². The molecule has 3 rings (SSSR count). The number of hydrogen-bond donors (Lipinski definition) is 2. The van der Waals surface area contributed by atoms with E-state index in [9.17, 15) is 4.79 Å². The van der Waals surface area contributed by atoms with Gasteiger partial charge >= 0.3 is 0 Å². The summed E-state index contributed by atoms with van der Waals surface area (Å²) in [5.74, 6) is 0.388. The first-order chi connectivity index (χ1) is 9.69. The second-order valence-corrected chi connectivity index (χ2v) is 4.54. The van der Waals surface area contributed by atoms with Crippen molar-refractivity contribution in [2.45, 2.75) is 0 Å². The monoisotopic (exact) mass is 266 g/mol. The molecule has 3 aromatic rings. The van der Waals surface area contributed by atoms with Crippen molar-refractivity contribution in [1.82, 2.24) is 4.98 Å². The Morgan fingerprint density at radius 2 is 1.90 bits per heavy atom. The Balaban J connectivity index is 2.12. The van der Waals surface area contributed by atoms with Crippen LogP contribution in [0.1, 0.15) is 10.4 Å². The third-order valence-electron chi connectivity index (χ3n) is 3.33. The summed E-state index contributed by atoms with van der Waals surface area (Å²) >= 11 is 0. The summed E-state index contributed by atoms with van der Waals surface area (Å²) in [4.78, 5) is 14.7. The van der Waals surface area contributed by atoms with Gasteiger partial charge in [0.25, 0.3) is 0 Å². The van der Waals surface area contributed by atoms with Crippen molar-refractivity contribution < 1.29 is 9.53 Å². The fourth-order valence-corrected chi connectivity index (χ4v) is 2.30. The fourth-order valence-electron chi connectivity index (χ4n) is 2.30. The van der Waals surface area contributed by atoms with Gasteiger partial charge in [-0.3, -0.25) is 4.79 Å². The number of primary amides is 1. The zero-order valence-corrected chi connectivity index (χ0v) is 11.0. The molecule has 4 nitrogen and oxygen atoms in total. The summed E-state index contributed by atoms with van der Waals surface area (Å²) in [6.07, 6.45) is 0. The van der Waals surface area contributed by atoms with Crippen LogP contribution in [-0.2, 0) is 0 Å². The fraction of sp³-hybridized carbons (Fsp3) is 0.0625. The van der Waals surface area contributed by atoms with Crippen LogP contribution in [0.3, 0.4) is 0 Å². The summed E-state index contributed by atoms with van der Waals surface area (Å²) in [6.45, 7) is 0. The van der Waals surface area contributed by atoms with E-state index in [2.05, 4.69) is 4.98 Å². The van der Waals surface area contributed by atoms with E-state index in [1.54, 1.807) is 13.2 Å². The topological polar surface area (TPSA) is 68.1 Å². The van der Waals surface area contributed by atoms with E-state index in [0.717, 1.165) is 27.9 Å². The summed E-state index contributed by atoms with van der Waals surface area (Å²) in [6, 6.07) is 15.1. The number of nitrogens with two attached hydrogens (primary N) is 1. The predicted octanol–water partition coefficient (Wildman–Crippen LogP) is 2.94. The van der Waals surface area contributed by atoms with Crippen LogP contribution < -0.4 is 10.5 Å². The second-order valence-electron chi connectivity index (χ2n) is 4.54. The quantitative estimate of drug-likeness (QED) is 0.765. The largest absolute Gasteiger partial charge is 0.497 e. The van der Waals surface area contributed by atoms with Crippen LogP contribution in [0, 0.1) is 0 Å². The lowest BCUT2D eigenvalue weighted by atomic mass is 10.1. The normalized spacial score (nSPS) is 10.7. The molecule has 2 aromatic carbocycles. The Hall–Kier alpha value is -2.75. The van der Waals surface area contributed by atoms with Crippen LogP contribution >= 0.6 is 0 Å². The van der Waals surface area contributed by atoms with Crippen molar-refractivity contribution in [2.24, 2.45) is 5.73 Å². The molecule has 3 N–H and O–H groups in total. The maximum absolute atomic E-state index is 11.4. The Morgan fingerprint density at radius 1 is 1.15 bits per heavy atom. The molecule has 0 atom stereocenters. The minimum atomic E-state index is -0.420. The minimum absolute atomic E-state index is 0.420. The molecule has 0 saturated carbocycles. The van der Waals surface area contributed by atoms with E-state index < -0.39 is 5.91 Å². The molecule has 0 unspecified atom stereocenters. The molecule has 1 amide bonds. The van der Waals surface area contributed by atoms with E-state index in [4.69, 9.17) is 10.5 Å². The third-order valence-corrected chi connectivity index (χ3v) is 3.33. The van der Waals surface area contributed by atoms with Gasteiger partial charge < -0.3 is 15.5 Å². The molecule has 20 heavy (non-hydrogen) atoms. The molecule has 0 bridgehead atoms. The average Bonchev–Trinajstić information content (AvgIpc) is 2.90. The molecule has 0 fully saturated rings. The Kier molecular flexibility index (Phi) is 2.91. The molecular formula is C16H14N2O2. The maximum atomic E-state index is 11.4. The molecule has 0 saturated heterocycles.